The lowest BCUT2D eigenvalue weighted by Gasteiger charge is -2.30. The molecule has 2 aromatic rings. The first-order chi connectivity index (χ1) is 12.8. The first-order valence-electron chi connectivity index (χ1n) is 8.67. The van der Waals surface area contributed by atoms with E-state index in [-0.39, 0.29) is 23.7 Å². The van der Waals surface area contributed by atoms with E-state index in [9.17, 15) is 13.2 Å². The maximum Gasteiger partial charge on any atom is 0.265 e. The van der Waals surface area contributed by atoms with E-state index in [0.717, 1.165) is 0 Å². The number of aryl methyl sites for hydroxylation is 1. The molecule has 1 atom stereocenters. The molecule has 1 unspecified atom stereocenters. The summed E-state index contributed by atoms with van der Waals surface area (Å²) < 4.78 is 40.5. The molecule has 0 radical (unpaired) electrons. The molecule has 3 rings (SSSR count). The van der Waals surface area contributed by atoms with Crippen LogP contribution >= 0.6 is 0 Å². The van der Waals surface area contributed by atoms with Gasteiger partial charge in [0.2, 0.25) is 10.0 Å². The minimum atomic E-state index is -3.81. The smallest absolute Gasteiger partial charge is 0.265 e. The Labute approximate surface area is 158 Å². The summed E-state index contributed by atoms with van der Waals surface area (Å²) in [7, 11) is -2.22. The van der Waals surface area contributed by atoms with Crippen molar-refractivity contribution < 1.29 is 22.7 Å². The predicted molar refractivity (Wildman–Crippen MR) is 99.3 cm³/mol. The first kappa shape index (κ1) is 19.2. The van der Waals surface area contributed by atoms with Gasteiger partial charge in [0.05, 0.1) is 6.54 Å². The SMILES string of the molecule is CCCN(CC1COc2ccccc2O1)S(=O)(=O)c1cc(C(N)=O)n(C)c1. The molecule has 1 aliphatic heterocycles. The molecule has 2 heterocycles. The number of benzene rings is 1. The van der Waals surface area contributed by atoms with E-state index in [0.29, 0.717) is 24.5 Å². The number of ether oxygens (including phenoxy) is 2. The van der Waals surface area contributed by atoms with Gasteiger partial charge in [-0.15, -0.1) is 0 Å². The summed E-state index contributed by atoms with van der Waals surface area (Å²) in [4.78, 5) is 11.5. The average molecular weight is 393 g/mol. The van der Waals surface area contributed by atoms with Gasteiger partial charge in [0, 0.05) is 19.8 Å². The van der Waals surface area contributed by atoms with E-state index >= 15 is 0 Å². The maximum atomic E-state index is 13.1. The molecular weight excluding hydrogens is 370 g/mol. The van der Waals surface area contributed by atoms with Gasteiger partial charge in [0.15, 0.2) is 11.5 Å². The normalized spacial score (nSPS) is 16.5. The highest BCUT2D eigenvalue weighted by molar-refractivity contribution is 7.89. The van der Waals surface area contributed by atoms with Crippen LogP contribution < -0.4 is 15.2 Å². The van der Waals surface area contributed by atoms with Crippen LogP contribution in [0.5, 0.6) is 11.5 Å². The topological polar surface area (TPSA) is 104 Å². The predicted octanol–water partition coefficient (Wildman–Crippen LogP) is 1.36. The molecule has 1 aliphatic rings. The highest BCUT2D eigenvalue weighted by Crippen LogP contribution is 2.31. The fourth-order valence-corrected chi connectivity index (χ4v) is 4.64. The average Bonchev–Trinajstić information content (AvgIpc) is 3.04. The van der Waals surface area contributed by atoms with E-state index in [4.69, 9.17) is 15.2 Å². The van der Waals surface area contributed by atoms with Crippen LogP contribution in [-0.4, -0.2) is 49.0 Å². The molecule has 27 heavy (non-hydrogen) atoms. The Morgan fingerprint density at radius 1 is 1.33 bits per heavy atom. The van der Waals surface area contributed by atoms with E-state index < -0.39 is 22.0 Å². The number of nitrogens with two attached hydrogens (primary N) is 1. The number of sulfonamides is 1. The summed E-state index contributed by atoms with van der Waals surface area (Å²) in [5, 5.41) is 0. The summed E-state index contributed by atoms with van der Waals surface area (Å²) in [6.07, 6.45) is 1.60. The molecule has 0 saturated heterocycles. The third kappa shape index (κ3) is 3.93. The molecule has 2 N–H and O–H groups in total. The summed E-state index contributed by atoms with van der Waals surface area (Å²) in [5.74, 6) is 0.563. The Balaban J connectivity index is 1.82. The summed E-state index contributed by atoms with van der Waals surface area (Å²) in [5.41, 5.74) is 5.43. The lowest BCUT2D eigenvalue weighted by Crippen LogP contribution is -2.43. The van der Waals surface area contributed by atoms with Crippen molar-refractivity contribution in [2.45, 2.75) is 24.3 Å². The number of hydrogen-bond acceptors (Lipinski definition) is 5. The minimum Gasteiger partial charge on any atom is -0.486 e. The monoisotopic (exact) mass is 393 g/mol. The van der Waals surface area contributed by atoms with Gasteiger partial charge in [0.1, 0.15) is 23.3 Å². The third-order valence-electron chi connectivity index (χ3n) is 4.32. The number of nitrogens with zero attached hydrogens (tertiary/aromatic N) is 2. The van der Waals surface area contributed by atoms with Crippen LogP contribution in [0, 0.1) is 0 Å². The molecule has 9 heteroatoms. The van der Waals surface area contributed by atoms with Gasteiger partial charge in [0.25, 0.3) is 5.91 Å². The van der Waals surface area contributed by atoms with Crippen molar-refractivity contribution in [1.29, 1.82) is 0 Å². The molecule has 8 nitrogen and oxygen atoms in total. The second kappa shape index (κ2) is 7.61. The molecule has 0 saturated carbocycles. The van der Waals surface area contributed by atoms with Gasteiger partial charge in [-0.05, 0) is 24.6 Å². The van der Waals surface area contributed by atoms with Crippen molar-refractivity contribution in [2.75, 3.05) is 19.7 Å². The van der Waals surface area contributed by atoms with Crippen molar-refractivity contribution in [1.82, 2.24) is 8.87 Å². The van der Waals surface area contributed by atoms with Crippen molar-refractivity contribution in [3.8, 4) is 11.5 Å². The van der Waals surface area contributed by atoms with Gasteiger partial charge in [-0.3, -0.25) is 4.79 Å². The van der Waals surface area contributed by atoms with E-state index in [1.165, 1.54) is 21.1 Å². The number of amides is 1. The number of primary amides is 1. The number of carbonyl (C=O) groups excluding carboxylic acids is 1. The number of fused-ring (bicyclic) bond motifs is 1. The number of carbonyl (C=O) groups is 1. The van der Waals surface area contributed by atoms with Crippen LogP contribution in [-0.2, 0) is 17.1 Å². The zero-order valence-electron chi connectivity index (χ0n) is 15.3. The standard InChI is InChI=1S/C18H23N3O5S/c1-3-8-21(10-13-12-25-16-6-4-5-7-17(16)26-13)27(23,24)14-9-15(18(19)22)20(2)11-14/h4-7,9,11,13H,3,8,10,12H2,1-2H3,(H2,19,22). The Hall–Kier alpha value is -2.52. The molecule has 0 aliphatic carbocycles. The van der Waals surface area contributed by atoms with Gasteiger partial charge in [-0.25, -0.2) is 8.42 Å². The van der Waals surface area contributed by atoms with Gasteiger partial charge < -0.3 is 19.8 Å². The van der Waals surface area contributed by atoms with Crippen molar-refractivity contribution >= 4 is 15.9 Å². The Bertz CT molecular complexity index is 938. The molecule has 1 aromatic carbocycles. The molecule has 0 fully saturated rings. The highest BCUT2D eigenvalue weighted by atomic mass is 32.2. The Kier molecular flexibility index (Phi) is 5.43. The summed E-state index contributed by atoms with van der Waals surface area (Å²) in [6.45, 7) is 2.62. The Morgan fingerprint density at radius 3 is 2.67 bits per heavy atom. The molecule has 1 aromatic heterocycles. The lowest BCUT2D eigenvalue weighted by molar-refractivity contribution is 0.0764. The van der Waals surface area contributed by atoms with Crippen LogP contribution in [0.25, 0.3) is 0 Å². The molecule has 1 amide bonds. The van der Waals surface area contributed by atoms with E-state index in [1.54, 1.807) is 19.2 Å². The van der Waals surface area contributed by atoms with E-state index in [2.05, 4.69) is 0 Å². The second-order valence-corrected chi connectivity index (χ2v) is 8.33. The largest absolute Gasteiger partial charge is 0.486 e. The van der Waals surface area contributed by atoms with Crippen LogP contribution in [0.1, 0.15) is 23.8 Å². The van der Waals surface area contributed by atoms with Gasteiger partial charge in [-0.2, -0.15) is 4.31 Å². The van der Waals surface area contributed by atoms with Crippen molar-refractivity contribution in [2.24, 2.45) is 12.8 Å². The minimum absolute atomic E-state index is 0.0318. The zero-order valence-corrected chi connectivity index (χ0v) is 16.1. The van der Waals surface area contributed by atoms with Crippen LogP contribution in [0.4, 0.5) is 0 Å². The number of aromatic nitrogens is 1. The molecule has 0 bridgehead atoms. The Morgan fingerprint density at radius 2 is 2.04 bits per heavy atom. The van der Waals surface area contributed by atoms with Gasteiger partial charge in [-0.1, -0.05) is 19.1 Å². The molecule has 0 spiro atoms. The highest BCUT2D eigenvalue weighted by Gasteiger charge is 2.31. The van der Waals surface area contributed by atoms with E-state index in [1.807, 2.05) is 19.1 Å². The number of para-hydroxylation sites is 2. The van der Waals surface area contributed by atoms with Crippen LogP contribution in [0.3, 0.4) is 0 Å². The fraction of sp³-hybridized carbons (Fsp3) is 0.389. The molecular formula is C18H23N3O5S. The van der Waals surface area contributed by atoms with Crippen molar-refractivity contribution in [3.63, 3.8) is 0 Å². The lowest BCUT2D eigenvalue weighted by atomic mass is 10.2. The zero-order chi connectivity index (χ0) is 19.6. The van der Waals surface area contributed by atoms with Crippen LogP contribution in [0.2, 0.25) is 0 Å². The van der Waals surface area contributed by atoms with Crippen LogP contribution in [0.15, 0.2) is 41.4 Å². The third-order valence-corrected chi connectivity index (χ3v) is 6.15. The molecule has 146 valence electrons. The quantitative estimate of drug-likeness (QED) is 0.765. The van der Waals surface area contributed by atoms with Crippen molar-refractivity contribution in [3.05, 3.63) is 42.2 Å². The first-order valence-corrected chi connectivity index (χ1v) is 10.1. The maximum absolute atomic E-state index is 13.1. The number of hydrogen-bond donors (Lipinski definition) is 1. The fourth-order valence-electron chi connectivity index (χ4n) is 3.01. The summed E-state index contributed by atoms with van der Waals surface area (Å²) in [6, 6.07) is 8.58. The van der Waals surface area contributed by atoms with Gasteiger partial charge >= 0.3 is 0 Å². The number of rotatable bonds is 7. The second-order valence-electron chi connectivity index (χ2n) is 6.40. The summed E-state index contributed by atoms with van der Waals surface area (Å²) >= 11 is 0.